The molecule has 1 unspecified atom stereocenters. The molecule has 2 heterocycles. The summed E-state index contributed by atoms with van der Waals surface area (Å²) in [5, 5.41) is 14.6. The average molecular weight is 164 g/mol. The Labute approximate surface area is 71.6 Å². The smallest absolute Gasteiger partial charge is 0.209 e. The van der Waals surface area contributed by atoms with E-state index in [1.54, 1.807) is 12.3 Å². The van der Waals surface area contributed by atoms with E-state index in [4.69, 9.17) is 0 Å². The van der Waals surface area contributed by atoms with Crippen molar-refractivity contribution < 1.29 is 4.73 Å². The zero-order valence-electron chi connectivity index (χ0n) is 6.86. The van der Waals surface area contributed by atoms with Gasteiger partial charge in [-0.05, 0) is 25.5 Å². The van der Waals surface area contributed by atoms with Gasteiger partial charge < -0.3 is 10.5 Å². The van der Waals surface area contributed by atoms with Gasteiger partial charge in [-0.15, -0.1) is 0 Å². The maximum Gasteiger partial charge on any atom is 0.209 e. The van der Waals surface area contributed by atoms with Gasteiger partial charge in [-0.2, -0.15) is 4.73 Å². The molecule has 1 aliphatic rings. The molecular formula is C9H12N2O. The summed E-state index contributed by atoms with van der Waals surface area (Å²) < 4.78 is 0.947. The van der Waals surface area contributed by atoms with Crippen molar-refractivity contribution in [3.63, 3.8) is 0 Å². The van der Waals surface area contributed by atoms with Gasteiger partial charge in [0.25, 0.3) is 0 Å². The van der Waals surface area contributed by atoms with Crippen LogP contribution in [0.15, 0.2) is 24.4 Å². The summed E-state index contributed by atoms with van der Waals surface area (Å²) in [4.78, 5) is 0. The molecule has 1 saturated heterocycles. The summed E-state index contributed by atoms with van der Waals surface area (Å²) in [6.07, 6.45) is 3.79. The maximum absolute atomic E-state index is 11.3. The highest BCUT2D eigenvalue weighted by molar-refractivity contribution is 5.04. The Hall–Kier alpha value is -1.09. The highest BCUT2D eigenvalue weighted by Crippen LogP contribution is 2.19. The van der Waals surface area contributed by atoms with Crippen LogP contribution >= 0.6 is 0 Å². The van der Waals surface area contributed by atoms with Crippen LogP contribution in [0, 0.1) is 5.21 Å². The van der Waals surface area contributed by atoms with Crippen LogP contribution in [-0.4, -0.2) is 6.54 Å². The lowest BCUT2D eigenvalue weighted by Crippen LogP contribution is -2.35. The Bertz CT molecular complexity index is 269. The van der Waals surface area contributed by atoms with Gasteiger partial charge >= 0.3 is 0 Å². The number of aromatic nitrogens is 1. The SMILES string of the molecule is [O-][n+]1ccccc1C1CCCN1. The number of hydrogen-bond acceptors (Lipinski definition) is 2. The van der Waals surface area contributed by atoms with Crippen LogP contribution in [0.4, 0.5) is 0 Å². The molecule has 1 aromatic heterocycles. The van der Waals surface area contributed by atoms with E-state index in [2.05, 4.69) is 5.32 Å². The predicted octanol–water partition coefficient (Wildman–Crippen LogP) is 0.745. The van der Waals surface area contributed by atoms with Crippen molar-refractivity contribution in [2.75, 3.05) is 6.54 Å². The van der Waals surface area contributed by atoms with E-state index < -0.39 is 0 Å². The van der Waals surface area contributed by atoms with Crippen LogP contribution in [0.1, 0.15) is 24.6 Å². The zero-order chi connectivity index (χ0) is 8.39. The second-order valence-electron chi connectivity index (χ2n) is 3.10. The third-order valence-electron chi connectivity index (χ3n) is 2.27. The first-order chi connectivity index (χ1) is 5.88. The van der Waals surface area contributed by atoms with Gasteiger partial charge in [0.2, 0.25) is 5.69 Å². The monoisotopic (exact) mass is 164 g/mol. The van der Waals surface area contributed by atoms with Crippen molar-refractivity contribution in [2.45, 2.75) is 18.9 Å². The van der Waals surface area contributed by atoms with E-state index >= 15 is 0 Å². The third-order valence-corrected chi connectivity index (χ3v) is 2.27. The molecule has 1 fully saturated rings. The lowest BCUT2D eigenvalue weighted by atomic mass is 10.1. The molecule has 0 aliphatic carbocycles. The molecular weight excluding hydrogens is 152 g/mol. The second-order valence-corrected chi connectivity index (χ2v) is 3.10. The summed E-state index contributed by atoms with van der Waals surface area (Å²) in [6.45, 7) is 1.03. The topological polar surface area (TPSA) is 39.0 Å². The van der Waals surface area contributed by atoms with Gasteiger partial charge in [-0.1, -0.05) is 0 Å². The molecule has 1 aromatic rings. The molecule has 1 N–H and O–H groups in total. The Morgan fingerprint density at radius 3 is 3.08 bits per heavy atom. The Balaban J connectivity index is 2.26. The van der Waals surface area contributed by atoms with Crippen molar-refractivity contribution in [3.8, 4) is 0 Å². The number of nitrogens with one attached hydrogen (secondary N) is 1. The van der Waals surface area contributed by atoms with Gasteiger partial charge in [0.1, 0.15) is 0 Å². The fourth-order valence-corrected chi connectivity index (χ4v) is 1.65. The molecule has 0 saturated carbocycles. The van der Waals surface area contributed by atoms with Crippen LogP contribution in [0.2, 0.25) is 0 Å². The van der Waals surface area contributed by atoms with E-state index in [0.29, 0.717) is 0 Å². The van der Waals surface area contributed by atoms with E-state index in [0.717, 1.165) is 23.4 Å². The first-order valence-corrected chi connectivity index (χ1v) is 4.29. The van der Waals surface area contributed by atoms with Gasteiger partial charge in [-0.25, -0.2) is 0 Å². The Morgan fingerprint density at radius 1 is 1.50 bits per heavy atom. The highest BCUT2D eigenvalue weighted by Gasteiger charge is 2.22. The molecule has 0 aromatic carbocycles. The van der Waals surface area contributed by atoms with Crippen molar-refractivity contribution in [1.29, 1.82) is 0 Å². The predicted molar refractivity (Wildman–Crippen MR) is 45.4 cm³/mol. The van der Waals surface area contributed by atoms with E-state index in [1.165, 1.54) is 6.42 Å². The molecule has 0 radical (unpaired) electrons. The molecule has 0 amide bonds. The molecule has 3 heteroatoms. The third kappa shape index (κ3) is 1.28. The summed E-state index contributed by atoms with van der Waals surface area (Å²) >= 11 is 0. The molecule has 1 aliphatic heterocycles. The molecule has 0 spiro atoms. The maximum atomic E-state index is 11.3. The largest absolute Gasteiger partial charge is 0.618 e. The molecule has 64 valence electrons. The average Bonchev–Trinajstić information content (AvgIpc) is 2.57. The standard InChI is InChI=1S/C9H12N2O/c12-11-7-2-1-5-9(11)8-4-3-6-10-8/h1-2,5,7-8,10H,3-4,6H2. The molecule has 12 heavy (non-hydrogen) atoms. The van der Waals surface area contributed by atoms with E-state index in [1.807, 2.05) is 12.1 Å². The van der Waals surface area contributed by atoms with Gasteiger partial charge in [0.05, 0.1) is 6.04 Å². The fraction of sp³-hybridized carbons (Fsp3) is 0.444. The van der Waals surface area contributed by atoms with Crippen molar-refractivity contribution in [2.24, 2.45) is 0 Å². The van der Waals surface area contributed by atoms with Gasteiger partial charge in [-0.3, -0.25) is 0 Å². The van der Waals surface area contributed by atoms with Crippen LogP contribution in [0.5, 0.6) is 0 Å². The summed E-state index contributed by atoms with van der Waals surface area (Å²) in [6, 6.07) is 5.81. The quantitative estimate of drug-likeness (QED) is 0.491. The number of pyridine rings is 1. The van der Waals surface area contributed by atoms with Crippen LogP contribution < -0.4 is 10.0 Å². The van der Waals surface area contributed by atoms with E-state index in [9.17, 15) is 5.21 Å². The van der Waals surface area contributed by atoms with Crippen LogP contribution in [-0.2, 0) is 0 Å². The minimum atomic E-state index is 0.267. The lowest BCUT2D eigenvalue weighted by molar-refractivity contribution is -0.616. The highest BCUT2D eigenvalue weighted by atomic mass is 16.5. The van der Waals surface area contributed by atoms with Crippen molar-refractivity contribution >= 4 is 0 Å². The minimum Gasteiger partial charge on any atom is -0.618 e. The first-order valence-electron chi connectivity index (χ1n) is 4.29. The Kier molecular flexibility index (Phi) is 1.96. The fourth-order valence-electron chi connectivity index (χ4n) is 1.65. The van der Waals surface area contributed by atoms with Crippen molar-refractivity contribution in [3.05, 3.63) is 35.3 Å². The lowest BCUT2D eigenvalue weighted by Gasteiger charge is -2.09. The first kappa shape index (κ1) is 7.55. The number of nitrogens with zero attached hydrogens (tertiary/aromatic N) is 1. The molecule has 1 atom stereocenters. The summed E-state index contributed by atoms with van der Waals surface area (Å²) in [5.74, 6) is 0. The van der Waals surface area contributed by atoms with Gasteiger partial charge in [0.15, 0.2) is 6.20 Å². The Morgan fingerprint density at radius 2 is 2.42 bits per heavy atom. The molecule has 2 rings (SSSR count). The summed E-state index contributed by atoms with van der Waals surface area (Å²) in [7, 11) is 0. The van der Waals surface area contributed by atoms with Crippen molar-refractivity contribution in [1.82, 2.24) is 5.32 Å². The van der Waals surface area contributed by atoms with Gasteiger partial charge in [0, 0.05) is 12.1 Å². The number of rotatable bonds is 1. The minimum absolute atomic E-state index is 0.267. The second kappa shape index (κ2) is 3.11. The normalized spacial score (nSPS) is 22.8. The summed E-state index contributed by atoms with van der Waals surface area (Å²) in [5.41, 5.74) is 0.843. The van der Waals surface area contributed by atoms with Crippen LogP contribution in [0.3, 0.4) is 0 Å². The van der Waals surface area contributed by atoms with E-state index in [-0.39, 0.29) is 6.04 Å². The molecule has 3 nitrogen and oxygen atoms in total. The van der Waals surface area contributed by atoms with Crippen LogP contribution in [0.25, 0.3) is 0 Å². The number of hydrogen-bond donors (Lipinski definition) is 1. The zero-order valence-corrected chi connectivity index (χ0v) is 6.86. The molecule has 0 bridgehead atoms.